The van der Waals surface area contributed by atoms with Gasteiger partial charge >= 0.3 is 6.18 Å². The topological polar surface area (TPSA) is 74.8 Å². The van der Waals surface area contributed by atoms with E-state index in [0.29, 0.717) is 11.3 Å². The predicted octanol–water partition coefficient (Wildman–Crippen LogP) is 3.62. The Labute approximate surface area is 158 Å². The van der Waals surface area contributed by atoms with Crippen LogP contribution in [0.4, 0.5) is 13.2 Å². The minimum Gasteiger partial charge on any atom is -0.339 e. The molecule has 0 fully saturated rings. The van der Waals surface area contributed by atoms with Gasteiger partial charge in [-0.3, -0.25) is 14.6 Å². The number of aromatic amines is 1. The van der Waals surface area contributed by atoms with Crippen LogP contribution in [-0.2, 0) is 6.18 Å². The smallest absolute Gasteiger partial charge is 0.339 e. The first-order valence-electron chi connectivity index (χ1n) is 8.34. The summed E-state index contributed by atoms with van der Waals surface area (Å²) in [5.41, 5.74) is 0.822. The lowest BCUT2D eigenvalue weighted by molar-refractivity contribution is -0.137. The fourth-order valence-electron chi connectivity index (χ4n) is 2.74. The zero-order valence-electron chi connectivity index (χ0n) is 14.7. The highest BCUT2D eigenvalue weighted by atomic mass is 19.4. The molecule has 8 heteroatoms. The second-order valence-corrected chi connectivity index (χ2v) is 6.17. The first-order valence-corrected chi connectivity index (χ1v) is 8.34. The molecule has 1 atom stereocenters. The number of hydrogen-bond acceptors (Lipinski definition) is 3. The van der Waals surface area contributed by atoms with E-state index in [1.807, 2.05) is 0 Å². The summed E-state index contributed by atoms with van der Waals surface area (Å²) in [7, 11) is 0. The SMILES string of the molecule is Cc1cccnc1C(NC(=O)c1ccc(=O)[nH]c1)c1ccc(C(F)(F)F)cc1. The highest BCUT2D eigenvalue weighted by molar-refractivity contribution is 5.94. The maximum absolute atomic E-state index is 12.9. The Morgan fingerprint density at radius 2 is 1.82 bits per heavy atom. The molecule has 2 aromatic heterocycles. The van der Waals surface area contributed by atoms with Crippen molar-refractivity contribution in [1.29, 1.82) is 0 Å². The molecular weight excluding hydrogens is 371 g/mol. The number of carbonyl (C=O) groups is 1. The molecule has 144 valence electrons. The van der Waals surface area contributed by atoms with E-state index >= 15 is 0 Å². The van der Waals surface area contributed by atoms with E-state index in [9.17, 15) is 22.8 Å². The van der Waals surface area contributed by atoms with E-state index in [1.54, 1.807) is 25.3 Å². The third kappa shape index (κ3) is 4.28. The number of amides is 1. The van der Waals surface area contributed by atoms with Crippen LogP contribution >= 0.6 is 0 Å². The number of nitrogens with one attached hydrogen (secondary N) is 2. The first kappa shape index (κ1) is 19.3. The number of carbonyl (C=O) groups excluding carboxylic acids is 1. The molecule has 3 rings (SSSR count). The number of benzene rings is 1. The van der Waals surface area contributed by atoms with E-state index in [4.69, 9.17) is 0 Å². The molecule has 0 radical (unpaired) electrons. The molecular formula is C20H16F3N3O2. The lowest BCUT2D eigenvalue weighted by atomic mass is 9.98. The fraction of sp³-hybridized carbons (Fsp3) is 0.150. The Morgan fingerprint density at radius 3 is 2.39 bits per heavy atom. The van der Waals surface area contributed by atoms with E-state index in [1.165, 1.54) is 30.5 Å². The van der Waals surface area contributed by atoms with Gasteiger partial charge in [0.25, 0.3) is 5.91 Å². The number of aromatic nitrogens is 2. The van der Waals surface area contributed by atoms with Crippen LogP contribution in [0.5, 0.6) is 0 Å². The molecule has 1 amide bonds. The van der Waals surface area contributed by atoms with Crippen molar-refractivity contribution in [1.82, 2.24) is 15.3 Å². The highest BCUT2D eigenvalue weighted by Gasteiger charge is 2.30. The molecule has 2 N–H and O–H groups in total. The largest absolute Gasteiger partial charge is 0.416 e. The van der Waals surface area contributed by atoms with Crippen LogP contribution in [0.15, 0.2) is 65.7 Å². The summed E-state index contributed by atoms with van der Waals surface area (Å²) < 4.78 is 38.6. The molecule has 0 aliphatic carbocycles. The number of pyridine rings is 2. The minimum atomic E-state index is -4.45. The predicted molar refractivity (Wildman–Crippen MR) is 96.8 cm³/mol. The average molecular weight is 387 g/mol. The fourth-order valence-corrected chi connectivity index (χ4v) is 2.74. The molecule has 3 aromatic rings. The van der Waals surface area contributed by atoms with Crippen molar-refractivity contribution < 1.29 is 18.0 Å². The minimum absolute atomic E-state index is 0.213. The van der Waals surface area contributed by atoms with Crippen LogP contribution in [0.3, 0.4) is 0 Å². The van der Waals surface area contributed by atoms with Gasteiger partial charge in [-0.25, -0.2) is 0 Å². The van der Waals surface area contributed by atoms with Crippen molar-refractivity contribution in [3.05, 3.63) is 99.2 Å². The zero-order valence-corrected chi connectivity index (χ0v) is 14.7. The van der Waals surface area contributed by atoms with Gasteiger partial charge in [0.15, 0.2) is 0 Å². The Bertz CT molecular complexity index is 1020. The van der Waals surface area contributed by atoms with Gasteiger partial charge in [-0.2, -0.15) is 13.2 Å². The van der Waals surface area contributed by atoms with Gasteiger partial charge in [0, 0.05) is 18.5 Å². The summed E-state index contributed by atoms with van der Waals surface area (Å²) in [6, 6.07) is 9.90. The van der Waals surface area contributed by atoms with Gasteiger partial charge in [-0.05, 0) is 42.3 Å². The number of hydrogen-bond donors (Lipinski definition) is 2. The number of rotatable bonds is 4. The summed E-state index contributed by atoms with van der Waals surface area (Å²) in [6.07, 6.45) is -1.63. The maximum atomic E-state index is 12.9. The van der Waals surface area contributed by atoms with Gasteiger partial charge in [0.1, 0.15) is 0 Å². The lowest BCUT2D eigenvalue weighted by Gasteiger charge is -2.21. The first-order chi connectivity index (χ1) is 13.3. The van der Waals surface area contributed by atoms with Gasteiger partial charge in [0.2, 0.25) is 5.56 Å². The van der Waals surface area contributed by atoms with E-state index in [-0.39, 0.29) is 11.1 Å². The molecule has 1 unspecified atom stereocenters. The van der Waals surface area contributed by atoms with Gasteiger partial charge < -0.3 is 10.3 Å². The molecule has 0 spiro atoms. The van der Waals surface area contributed by atoms with Crippen molar-refractivity contribution in [2.45, 2.75) is 19.1 Å². The summed E-state index contributed by atoms with van der Waals surface area (Å²) in [5.74, 6) is -0.494. The Morgan fingerprint density at radius 1 is 1.11 bits per heavy atom. The normalized spacial score (nSPS) is 12.4. The second kappa shape index (κ2) is 7.67. The molecule has 5 nitrogen and oxygen atoms in total. The third-order valence-electron chi connectivity index (χ3n) is 4.22. The highest BCUT2D eigenvalue weighted by Crippen LogP contribution is 2.31. The van der Waals surface area contributed by atoms with Crippen LogP contribution in [0.1, 0.15) is 38.8 Å². The maximum Gasteiger partial charge on any atom is 0.416 e. The average Bonchev–Trinajstić information content (AvgIpc) is 2.66. The standard InChI is InChI=1S/C20H16F3N3O2/c1-12-3-2-10-24-17(12)18(13-4-7-15(8-5-13)20(21,22)23)26-19(28)14-6-9-16(27)25-11-14/h2-11,18H,1H3,(H,25,27)(H,26,28). The molecule has 0 saturated heterocycles. The molecule has 2 heterocycles. The summed E-state index contributed by atoms with van der Waals surface area (Å²) in [5, 5.41) is 2.78. The molecule has 0 bridgehead atoms. The van der Waals surface area contributed by atoms with Crippen molar-refractivity contribution >= 4 is 5.91 Å². The molecule has 28 heavy (non-hydrogen) atoms. The molecule has 0 aliphatic rings. The van der Waals surface area contributed by atoms with Crippen molar-refractivity contribution in [2.24, 2.45) is 0 Å². The number of H-pyrrole nitrogens is 1. The summed E-state index contributed by atoms with van der Waals surface area (Å²) in [4.78, 5) is 30.5. The van der Waals surface area contributed by atoms with Gasteiger partial charge in [-0.15, -0.1) is 0 Å². The van der Waals surface area contributed by atoms with Crippen LogP contribution < -0.4 is 10.9 Å². The van der Waals surface area contributed by atoms with E-state index in [0.717, 1.165) is 17.7 Å². The van der Waals surface area contributed by atoms with Crippen LogP contribution in [0, 0.1) is 6.92 Å². The molecule has 1 aromatic carbocycles. The number of alkyl halides is 3. The zero-order chi connectivity index (χ0) is 20.3. The number of halogens is 3. The van der Waals surface area contributed by atoms with E-state index < -0.39 is 23.7 Å². The third-order valence-corrected chi connectivity index (χ3v) is 4.22. The van der Waals surface area contributed by atoms with Gasteiger partial charge in [0.05, 0.1) is 22.9 Å². The van der Waals surface area contributed by atoms with Crippen LogP contribution in [0.2, 0.25) is 0 Å². The quantitative estimate of drug-likeness (QED) is 0.718. The molecule has 0 aliphatic heterocycles. The Kier molecular flexibility index (Phi) is 5.30. The Balaban J connectivity index is 1.98. The van der Waals surface area contributed by atoms with Crippen LogP contribution in [-0.4, -0.2) is 15.9 Å². The lowest BCUT2D eigenvalue weighted by Crippen LogP contribution is -2.31. The van der Waals surface area contributed by atoms with Crippen LogP contribution in [0.25, 0.3) is 0 Å². The second-order valence-electron chi connectivity index (χ2n) is 6.17. The monoisotopic (exact) mass is 387 g/mol. The van der Waals surface area contributed by atoms with Crippen molar-refractivity contribution in [3.8, 4) is 0 Å². The summed E-state index contributed by atoms with van der Waals surface area (Å²) >= 11 is 0. The van der Waals surface area contributed by atoms with Crippen molar-refractivity contribution in [2.75, 3.05) is 0 Å². The number of nitrogens with zero attached hydrogens (tertiary/aromatic N) is 1. The molecule has 0 saturated carbocycles. The van der Waals surface area contributed by atoms with Crippen molar-refractivity contribution in [3.63, 3.8) is 0 Å². The van der Waals surface area contributed by atoms with E-state index in [2.05, 4.69) is 15.3 Å². The van der Waals surface area contributed by atoms with Gasteiger partial charge in [-0.1, -0.05) is 18.2 Å². The Hall–Kier alpha value is -3.42. The number of aryl methyl sites for hydroxylation is 1. The summed E-state index contributed by atoms with van der Waals surface area (Å²) in [6.45, 7) is 1.80.